The van der Waals surface area contributed by atoms with Gasteiger partial charge in [0.2, 0.25) is 5.82 Å². The Kier molecular flexibility index (Phi) is 5.62. The Bertz CT molecular complexity index is 1320. The highest BCUT2D eigenvalue weighted by Crippen LogP contribution is 2.39. The molecule has 1 aromatic heterocycles. The quantitative estimate of drug-likeness (QED) is 0.393. The molecule has 2 heterocycles. The van der Waals surface area contributed by atoms with Crippen LogP contribution in [0.1, 0.15) is 24.4 Å². The number of benzene rings is 3. The van der Waals surface area contributed by atoms with E-state index in [1.807, 2.05) is 84.6 Å². The lowest BCUT2D eigenvalue weighted by Gasteiger charge is -2.37. The molecular formula is C26H22N4O2S. The highest BCUT2D eigenvalue weighted by atomic mass is 32.1. The summed E-state index contributed by atoms with van der Waals surface area (Å²) in [6.07, 6.45) is 0. The summed E-state index contributed by atoms with van der Waals surface area (Å²) in [7, 11) is 1.63. The number of hydrogen-bond acceptors (Lipinski definition) is 5. The average molecular weight is 455 g/mol. The molecule has 0 saturated carbocycles. The van der Waals surface area contributed by atoms with Gasteiger partial charge in [0.05, 0.1) is 18.7 Å². The maximum absolute atomic E-state index is 5.80. The van der Waals surface area contributed by atoms with Crippen LogP contribution in [0.3, 0.4) is 0 Å². The number of para-hydroxylation sites is 1. The second-order valence-electron chi connectivity index (χ2n) is 7.62. The molecule has 1 atom stereocenters. The topological polar surface area (TPSA) is 63.4 Å². The summed E-state index contributed by atoms with van der Waals surface area (Å²) in [4.78, 5) is 6.76. The van der Waals surface area contributed by atoms with Crippen molar-refractivity contribution >= 4 is 28.6 Å². The molecule has 0 spiro atoms. The molecule has 1 unspecified atom stereocenters. The maximum atomic E-state index is 5.80. The maximum Gasteiger partial charge on any atom is 0.258 e. The third kappa shape index (κ3) is 3.99. The Hall–Kier alpha value is -3.97. The fourth-order valence-electron chi connectivity index (χ4n) is 4.02. The monoisotopic (exact) mass is 454 g/mol. The SMILES string of the molecule is COc1cccc(-c2noc(C3=C(C)N(c4ccccc4)C(=S)NC3c3ccccc3)n2)c1. The van der Waals surface area contributed by atoms with Crippen LogP contribution in [0.5, 0.6) is 5.75 Å². The smallest absolute Gasteiger partial charge is 0.258 e. The average Bonchev–Trinajstić information content (AvgIpc) is 3.35. The van der Waals surface area contributed by atoms with Crippen LogP contribution in [0.4, 0.5) is 5.69 Å². The molecule has 5 rings (SSSR count). The van der Waals surface area contributed by atoms with Gasteiger partial charge in [0.15, 0.2) is 5.11 Å². The van der Waals surface area contributed by atoms with Crippen LogP contribution in [-0.4, -0.2) is 22.4 Å². The lowest BCUT2D eigenvalue weighted by atomic mass is 9.94. The Morgan fingerprint density at radius 3 is 2.42 bits per heavy atom. The zero-order valence-corrected chi connectivity index (χ0v) is 19.0. The molecule has 6 nitrogen and oxygen atoms in total. The first-order valence-corrected chi connectivity index (χ1v) is 11.0. The van der Waals surface area contributed by atoms with Crippen LogP contribution in [0.25, 0.3) is 17.0 Å². The molecule has 7 heteroatoms. The first kappa shape index (κ1) is 20.9. The number of hydrogen-bond donors (Lipinski definition) is 1. The number of anilines is 1. The van der Waals surface area contributed by atoms with Crippen molar-refractivity contribution in [1.29, 1.82) is 0 Å². The Morgan fingerprint density at radius 2 is 1.70 bits per heavy atom. The van der Waals surface area contributed by atoms with Crippen LogP contribution >= 0.6 is 12.2 Å². The van der Waals surface area contributed by atoms with Gasteiger partial charge in [0, 0.05) is 16.9 Å². The summed E-state index contributed by atoms with van der Waals surface area (Å²) in [6, 6.07) is 27.5. The van der Waals surface area contributed by atoms with Crippen LogP contribution in [0.2, 0.25) is 0 Å². The zero-order valence-electron chi connectivity index (χ0n) is 18.2. The molecule has 0 amide bonds. The minimum Gasteiger partial charge on any atom is -0.497 e. The van der Waals surface area contributed by atoms with Crippen molar-refractivity contribution < 1.29 is 9.26 Å². The minimum atomic E-state index is -0.225. The van der Waals surface area contributed by atoms with E-state index in [0.29, 0.717) is 16.8 Å². The number of allylic oxidation sites excluding steroid dienone is 1. The fraction of sp³-hybridized carbons (Fsp3) is 0.115. The van der Waals surface area contributed by atoms with Gasteiger partial charge in [-0.05, 0) is 49.0 Å². The molecule has 33 heavy (non-hydrogen) atoms. The van der Waals surface area contributed by atoms with Crippen molar-refractivity contribution in [3.05, 3.63) is 102 Å². The number of nitrogens with zero attached hydrogens (tertiary/aromatic N) is 3. The van der Waals surface area contributed by atoms with Crippen LogP contribution in [-0.2, 0) is 0 Å². The van der Waals surface area contributed by atoms with E-state index >= 15 is 0 Å². The lowest BCUT2D eigenvalue weighted by molar-refractivity contribution is 0.403. The summed E-state index contributed by atoms with van der Waals surface area (Å²) in [5.74, 6) is 1.67. The van der Waals surface area contributed by atoms with Gasteiger partial charge in [-0.2, -0.15) is 4.98 Å². The molecular weight excluding hydrogens is 432 g/mol. The second kappa shape index (κ2) is 8.88. The number of thiocarbonyl (C=S) groups is 1. The highest BCUT2D eigenvalue weighted by Gasteiger charge is 2.34. The minimum absolute atomic E-state index is 0.225. The fourth-order valence-corrected chi connectivity index (χ4v) is 4.38. The molecule has 0 bridgehead atoms. The normalized spacial score (nSPS) is 16.0. The predicted molar refractivity (Wildman–Crippen MR) is 133 cm³/mol. The highest BCUT2D eigenvalue weighted by molar-refractivity contribution is 7.80. The van der Waals surface area contributed by atoms with Crippen LogP contribution in [0.15, 0.2) is 95.1 Å². The summed E-state index contributed by atoms with van der Waals surface area (Å²) in [5, 5.41) is 8.36. The van der Waals surface area contributed by atoms with E-state index in [1.165, 1.54) is 0 Å². The van der Waals surface area contributed by atoms with Crippen LogP contribution < -0.4 is 15.0 Å². The largest absolute Gasteiger partial charge is 0.497 e. The summed E-state index contributed by atoms with van der Waals surface area (Å²) >= 11 is 5.78. The van der Waals surface area contributed by atoms with E-state index in [4.69, 9.17) is 26.5 Å². The van der Waals surface area contributed by atoms with Gasteiger partial charge in [0.25, 0.3) is 5.89 Å². The van der Waals surface area contributed by atoms with E-state index in [1.54, 1.807) is 7.11 Å². The molecule has 0 saturated heterocycles. The second-order valence-corrected chi connectivity index (χ2v) is 8.01. The number of aromatic nitrogens is 2. The summed E-state index contributed by atoms with van der Waals surface area (Å²) < 4.78 is 11.1. The number of nitrogens with one attached hydrogen (secondary N) is 1. The molecule has 0 aliphatic carbocycles. The van der Waals surface area contributed by atoms with Crippen molar-refractivity contribution in [3.8, 4) is 17.1 Å². The Labute approximate surface area is 197 Å². The summed E-state index contributed by atoms with van der Waals surface area (Å²) in [5.41, 5.74) is 4.64. The molecule has 3 aromatic carbocycles. The van der Waals surface area contributed by atoms with Crippen molar-refractivity contribution in [3.63, 3.8) is 0 Å². The standard InChI is InChI=1S/C26H22N4O2S/c1-17-22(25-28-24(29-32-25)19-12-9-15-21(16-19)31-2)23(18-10-5-3-6-11-18)27-26(33)30(17)20-13-7-4-8-14-20/h3-16,23H,1-2H3,(H,27,33). The van der Waals surface area contributed by atoms with Gasteiger partial charge in [-0.3, -0.25) is 4.90 Å². The van der Waals surface area contributed by atoms with Gasteiger partial charge in [-0.25, -0.2) is 0 Å². The molecule has 0 fully saturated rings. The molecule has 1 N–H and O–H groups in total. The van der Waals surface area contributed by atoms with Crippen molar-refractivity contribution in [2.45, 2.75) is 13.0 Å². The van der Waals surface area contributed by atoms with E-state index < -0.39 is 0 Å². The molecule has 1 aliphatic heterocycles. The van der Waals surface area contributed by atoms with E-state index in [2.05, 4.69) is 22.6 Å². The predicted octanol–water partition coefficient (Wildman–Crippen LogP) is 5.61. The number of methoxy groups -OCH3 is 1. The lowest BCUT2D eigenvalue weighted by Crippen LogP contribution is -2.46. The van der Waals surface area contributed by atoms with E-state index in [9.17, 15) is 0 Å². The van der Waals surface area contributed by atoms with Crippen molar-refractivity contribution in [1.82, 2.24) is 15.5 Å². The van der Waals surface area contributed by atoms with Gasteiger partial charge in [0.1, 0.15) is 5.75 Å². The van der Waals surface area contributed by atoms with Gasteiger partial charge >= 0.3 is 0 Å². The molecule has 0 radical (unpaired) electrons. The van der Waals surface area contributed by atoms with Gasteiger partial charge < -0.3 is 14.6 Å². The van der Waals surface area contributed by atoms with Gasteiger partial charge in [-0.15, -0.1) is 0 Å². The Morgan fingerprint density at radius 1 is 0.970 bits per heavy atom. The van der Waals surface area contributed by atoms with E-state index in [-0.39, 0.29) is 6.04 Å². The first-order chi connectivity index (χ1) is 16.2. The zero-order chi connectivity index (χ0) is 22.8. The third-order valence-electron chi connectivity index (χ3n) is 5.62. The molecule has 1 aliphatic rings. The number of ether oxygens (including phenoxy) is 1. The van der Waals surface area contributed by atoms with Crippen LogP contribution in [0, 0.1) is 0 Å². The Balaban J connectivity index is 1.64. The summed E-state index contributed by atoms with van der Waals surface area (Å²) in [6.45, 7) is 2.03. The third-order valence-corrected chi connectivity index (χ3v) is 5.92. The van der Waals surface area contributed by atoms with Crippen molar-refractivity contribution in [2.24, 2.45) is 0 Å². The molecule has 4 aromatic rings. The molecule has 164 valence electrons. The van der Waals surface area contributed by atoms with Gasteiger partial charge in [-0.1, -0.05) is 65.8 Å². The number of rotatable bonds is 5. The van der Waals surface area contributed by atoms with Crippen molar-refractivity contribution in [2.75, 3.05) is 12.0 Å². The van der Waals surface area contributed by atoms with E-state index in [0.717, 1.165) is 33.8 Å². The first-order valence-electron chi connectivity index (χ1n) is 10.6.